The number of carbonyl (C=O) groups excluding carboxylic acids is 2. The molecule has 0 aliphatic heterocycles. The number of hydroxylamine groups is 2. The van der Waals surface area contributed by atoms with Crippen LogP contribution in [0.4, 0.5) is 5.95 Å². The highest BCUT2D eigenvalue weighted by Gasteiger charge is 2.35. The van der Waals surface area contributed by atoms with Gasteiger partial charge in [0, 0.05) is 11.9 Å². The Morgan fingerprint density at radius 2 is 2.17 bits per heavy atom. The van der Waals surface area contributed by atoms with Gasteiger partial charge in [-0.1, -0.05) is 26.2 Å². The van der Waals surface area contributed by atoms with E-state index in [4.69, 9.17) is 0 Å². The molecule has 1 aromatic heterocycles. The number of anilines is 1. The Kier molecular flexibility index (Phi) is 6.48. The zero-order chi connectivity index (χ0) is 17.5. The second kappa shape index (κ2) is 8.58. The smallest absolute Gasteiger partial charge is 0.264 e. The normalized spacial score (nSPS) is 21.6. The van der Waals surface area contributed by atoms with Crippen LogP contribution < -0.4 is 10.9 Å². The Balaban J connectivity index is 1.99. The van der Waals surface area contributed by atoms with Crippen molar-refractivity contribution in [2.75, 3.05) is 5.43 Å². The fourth-order valence-corrected chi connectivity index (χ4v) is 3.23. The minimum atomic E-state index is -0.919. The van der Waals surface area contributed by atoms with E-state index in [0.717, 1.165) is 37.8 Å². The molecular formula is C16H25N5O3. The van der Waals surface area contributed by atoms with E-state index < -0.39 is 11.9 Å². The van der Waals surface area contributed by atoms with E-state index in [2.05, 4.69) is 27.7 Å². The van der Waals surface area contributed by atoms with Crippen molar-refractivity contribution in [3.05, 3.63) is 18.0 Å². The number of amides is 2. The summed E-state index contributed by atoms with van der Waals surface area (Å²) in [5.74, 6) is 0.373. The van der Waals surface area contributed by atoms with Gasteiger partial charge in [-0.2, -0.15) is 0 Å². The number of aromatic nitrogens is 2. The van der Waals surface area contributed by atoms with E-state index in [1.54, 1.807) is 12.3 Å². The van der Waals surface area contributed by atoms with Crippen LogP contribution in [0.3, 0.4) is 0 Å². The Labute approximate surface area is 141 Å². The molecule has 24 heavy (non-hydrogen) atoms. The number of nitrogens with one attached hydrogen (secondary N) is 2. The molecule has 8 nitrogen and oxygen atoms in total. The lowest BCUT2D eigenvalue weighted by Crippen LogP contribution is -2.51. The van der Waals surface area contributed by atoms with Gasteiger partial charge in [0.25, 0.3) is 5.91 Å². The molecule has 0 radical (unpaired) electrons. The second-order valence-electron chi connectivity index (χ2n) is 6.26. The molecule has 1 heterocycles. The van der Waals surface area contributed by atoms with Gasteiger partial charge in [0.15, 0.2) is 0 Å². The molecule has 1 saturated carbocycles. The van der Waals surface area contributed by atoms with Crippen LogP contribution in [0.5, 0.6) is 0 Å². The van der Waals surface area contributed by atoms with Gasteiger partial charge in [-0.3, -0.25) is 25.6 Å². The highest BCUT2D eigenvalue weighted by atomic mass is 16.5. The third kappa shape index (κ3) is 4.64. The molecule has 8 heteroatoms. The van der Waals surface area contributed by atoms with Gasteiger partial charge in [0.05, 0.1) is 0 Å². The maximum absolute atomic E-state index is 12.5. The topological polar surface area (TPSA) is 107 Å². The highest BCUT2D eigenvalue weighted by Crippen LogP contribution is 2.33. The fourth-order valence-electron chi connectivity index (χ4n) is 3.23. The van der Waals surface area contributed by atoms with Crippen LogP contribution in [0.25, 0.3) is 0 Å². The summed E-state index contributed by atoms with van der Waals surface area (Å²) >= 11 is 0. The zero-order valence-corrected chi connectivity index (χ0v) is 14.1. The molecule has 1 aromatic rings. The molecule has 1 atom stereocenters. The Morgan fingerprint density at radius 1 is 1.46 bits per heavy atom. The number of hydrazine groups is 1. The quantitative estimate of drug-likeness (QED) is 0.397. The van der Waals surface area contributed by atoms with Gasteiger partial charge in [-0.15, -0.1) is 0 Å². The maximum Gasteiger partial charge on any atom is 0.264 e. The van der Waals surface area contributed by atoms with Gasteiger partial charge < -0.3 is 0 Å². The molecule has 1 unspecified atom stereocenters. The van der Waals surface area contributed by atoms with Gasteiger partial charge in [-0.25, -0.2) is 15.0 Å². The Hall–Kier alpha value is -2.22. The summed E-state index contributed by atoms with van der Waals surface area (Å²) in [5.41, 5.74) is 5.88. The van der Waals surface area contributed by atoms with Crippen LogP contribution in [0.1, 0.15) is 44.7 Å². The van der Waals surface area contributed by atoms with Crippen LogP contribution in [-0.4, -0.2) is 38.6 Å². The number of nitrogens with zero attached hydrogens (tertiary/aromatic N) is 3. The molecule has 0 saturated heterocycles. The van der Waals surface area contributed by atoms with E-state index in [1.807, 2.05) is 6.92 Å². The number of aryl methyl sites for hydroxylation is 1. The summed E-state index contributed by atoms with van der Waals surface area (Å²) in [6, 6.07) is 0.821. The van der Waals surface area contributed by atoms with Crippen molar-refractivity contribution < 1.29 is 14.8 Å². The number of hydrogen-bond acceptors (Lipinski definition) is 6. The molecule has 2 amide bonds. The summed E-state index contributed by atoms with van der Waals surface area (Å²) in [5, 5.41) is 10.3. The van der Waals surface area contributed by atoms with E-state index in [0.29, 0.717) is 11.0 Å². The zero-order valence-electron chi connectivity index (χ0n) is 14.1. The third-order valence-electron chi connectivity index (χ3n) is 4.67. The van der Waals surface area contributed by atoms with Crippen LogP contribution in [-0.2, 0) is 9.59 Å². The summed E-state index contributed by atoms with van der Waals surface area (Å²) < 4.78 is 0. The predicted molar refractivity (Wildman–Crippen MR) is 87.8 cm³/mol. The first-order valence-corrected chi connectivity index (χ1v) is 8.33. The van der Waals surface area contributed by atoms with Crippen LogP contribution >= 0.6 is 0 Å². The van der Waals surface area contributed by atoms with Gasteiger partial charge in [0.2, 0.25) is 12.4 Å². The average molecular weight is 335 g/mol. The van der Waals surface area contributed by atoms with E-state index in [1.165, 1.54) is 0 Å². The number of hydrogen-bond donors (Lipinski definition) is 3. The van der Waals surface area contributed by atoms with Crippen molar-refractivity contribution >= 4 is 18.3 Å². The Morgan fingerprint density at radius 3 is 2.75 bits per heavy atom. The third-order valence-corrected chi connectivity index (χ3v) is 4.67. The van der Waals surface area contributed by atoms with Gasteiger partial charge in [0.1, 0.15) is 6.04 Å². The van der Waals surface area contributed by atoms with Crippen LogP contribution in [0.2, 0.25) is 0 Å². The average Bonchev–Trinajstić information content (AvgIpc) is 2.60. The predicted octanol–water partition coefficient (Wildman–Crippen LogP) is 1.66. The first-order chi connectivity index (χ1) is 11.5. The molecule has 0 aromatic carbocycles. The van der Waals surface area contributed by atoms with E-state index in [-0.39, 0.29) is 18.3 Å². The van der Waals surface area contributed by atoms with Crippen molar-refractivity contribution in [3.8, 4) is 0 Å². The van der Waals surface area contributed by atoms with Crippen LogP contribution in [0, 0.1) is 18.8 Å². The summed E-state index contributed by atoms with van der Waals surface area (Å²) in [7, 11) is 0. The maximum atomic E-state index is 12.5. The first kappa shape index (κ1) is 18.1. The lowest BCUT2D eigenvalue weighted by molar-refractivity contribution is -0.173. The molecule has 2 rings (SSSR count). The first-order valence-electron chi connectivity index (χ1n) is 8.33. The standard InChI is InChI=1S/C16H25N5O3/c1-3-12-4-6-13(7-5-12)14(21(24)10-22)15(23)19-20-16-17-9-8-11(2)18-16/h8-10,12-14,24H,3-7H2,1-2H3,(H,19,23)(H,17,18,20). The fraction of sp³-hybridized carbons (Fsp3) is 0.625. The van der Waals surface area contributed by atoms with Gasteiger partial charge in [-0.05, 0) is 37.7 Å². The van der Waals surface area contributed by atoms with Crippen molar-refractivity contribution in [2.45, 2.75) is 52.0 Å². The number of rotatable bonds is 7. The monoisotopic (exact) mass is 335 g/mol. The van der Waals surface area contributed by atoms with E-state index >= 15 is 0 Å². The van der Waals surface area contributed by atoms with Crippen molar-refractivity contribution in [2.24, 2.45) is 11.8 Å². The lowest BCUT2D eigenvalue weighted by Gasteiger charge is -2.34. The van der Waals surface area contributed by atoms with E-state index in [9.17, 15) is 14.8 Å². The summed E-state index contributed by atoms with van der Waals surface area (Å²) in [6.07, 6.45) is 6.60. The Bertz CT molecular complexity index is 560. The van der Waals surface area contributed by atoms with Crippen molar-refractivity contribution in [1.82, 2.24) is 20.5 Å². The highest BCUT2D eigenvalue weighted by molar-refractivity contribution is 5.84. The molecule has 0 bridgehead atoms. The number of carbonyl (C=O) groups is 2. The second-order valence-corrected chi connectivity index (χ2v) is 6.26. The largest absolute Gasteiger partial charge is 0.285 e. The van der Waals surface area contributed by atoms with Crippen molar-refractivity contribution in [3.63, 3.8) is 0 Å². The molecule has 1 fully saturated rings. The molecule has 1 aliphatic carbocycles. The summed E-state index contributed by atoms with van der Waals surface area (Å²) in [4.78, 5) is 31.6. The molecule has 3 N–H and O–H groups in total. The van der Waals surface area contributed by atoms with Crippen LogP contribution in [0.15, 0.2) is 12.3 Å². The minimum absolute atomic E-state index is 0.0665. The SMILES string of the molecule is CCC1CCC(C(C(=O)NNc2nccc(C)n2)N(O)C=O)CC1. The lowest BCUT2D eigenvalue weighted by atomic mass is 9.77. The van der Waals surface area contributed by atoms with Crippen molar-refractivity contribution in [1.29, 1.82) is 0 Å². The van der Waals surface area contributed by atoms with Gasteiger partial charge >= 0.3 is 0 Å². The molecular weight excluding hydrogens is 310 g/mol. The minimum Gasteiger partial charge on any atom is -0.285 e. The molecule has 132 valence electrons. The molecule has 0 spiro atoms. The molecule has 1 aliphatic rings. The summed E-state index contributed by atoms with van der Waals surface area (Å²) in [6.45, 7) is 3.97.